The van der Waals surface area contributed by atoms with Crippen molar-refractivity contribution in [3.63, 3.8) is 0 Å². The van der Waals surface area contributed by atoms with Gasteiger partial charge in [-0.2, -0.15) is 0 Å². The predicted molar refractivity (Wildman–Crippen MR) is 119 cm³/mol. The number of aryl methyl sites for hydroxylation is 3. The topological polar surface area (TPSA) is 12.9 Å². The molecule has 0 amide bonds. The van der Waals surface area contributed by atoms with Crippen molar-refractivity contribution >= 4 is 0 Å². The van der Waals surface area contributed by atoms with Crippen molar-refractivity contribution in [2.75, 3.05) is 0 Å². The van der Waals surface area contributed by atoms with E-state index in [0.29, 0.717) is 0 Å². The molecular formula is C27H25N. The Kier molecular flexibility index (Phi) is 5.08. The normalized spacial score (nSPS) is 10.8. The predicted octanol–water partition coefficient (Wildman–Crippen LogP) is 6.93. The number of benzene rings is 3. The van der Waals surface area contributed by atoms with E-state index in [1.807, 2.05) is 6.20 Å². The Labute approximate surface area is 167 Å². The summed E-state index contributed by atoms with van der Waals surface area (Å²) in [6.07, 6.45) is 2.86. The van der Waals surface area contributed by atoms with Gasteiger partial charge in [-0.1, -0.05) is 66.2 Å². The molecule has 1 nitrogen and oxygen atoms in total. The first-order valence-corrected chi connectivity index (χ1v) is 9.78. The Bertz CT molecular complexity index is 1090. The van der Waals surface area contributed by atoms with E-state index in [4.69, 9.17) is 0 Å². The van der Waals surface area contributed by atoms with E-state index in [1.165, 1.54) is 38.9 Å². The summed E-state index contributed by atoms with van der Waals surface area (Å²) in [5.41, 5.74) is 11.3. The minimum atomic E-state index is 0.935. The van der Waals surface area contributed by atoms with E-state index in [-0.39, 0.29) is 0 Å². The summed E-state index contributed by atoms with van der Waals surface area (Å²) in [5.74, 6) is 0. The van der Waals surface area contributed by atoms with Crippen LogP contribution >= 0.6 is 0 Å². The smallest absolute Gasteiger partial charge is 0.0708 e. The fourth-order valence-electron chi connectivity index (χ4n) is 4.05. The summed E-state index contributed by atoms with van der Waals surface area (Å²) < 4.78 is 0. The Morgan fingerprint density at radius 1 is 0.643 bits per heavy atom. The highest BCUT2D eigenvalue weighted by molar-refractivity contribution is 5.75. The minimum Gasteiger partial charge on any atom is -0.256 e. The van der Waals surface area contributed by atoms with Crippen molar-refractivity contribution < 1.29 is 0 Å². The first-order valence-electron chi connectivity index (χ1n) is 9.78. The number of aromatic nitrogens is 1. The Morgan fingerprint density at radius 2 is 1.36 bits per heavy atom. The number of hydrogen-bond acceptors (Lipinski definition) is 1. The molecule has 138 valence electrons. The number of hydrogen-bond donors (Lipinski definition) is 0. The van der Waals surface area contributed by atoms with Crippen molar-refractivity contribution in [3.05, 3.63) is 113 Å². The second-order valence-electron chi connectivity index (χ2n) is 7.57. The quantitative estimate of drug-likeness (QED) is 0.383. The molecule has 0 aliphatic carbocycles. The van der Waals surface area contributed by atoms with Gasteiger partial charge in [0.05, 0.1) is 5.69 Å². The second kappa shape index (κ2) is 7.82. The zero-order chi connectivity index (χ0) is 19.5. The average molecular weight is 364 g/mol. The van der Waals surface area contributed by atoms with Crippen LogP contribution in [0.2, 0.25) is 0 Å². The van der Waals surface area contributed by atoms with Crippen LogP contribution in [0.5, 0.6) is 0 Å². The fraction of sp³-hybridized carbons (Fsp3) is 0.148. The highest BCUT2D eigenvalue weighted by atomic mass is 14.7. The lowest BCUT2D eigenvalue weighted by molar-refractivity contribution is 1.19. The highest BCUT2D eigenvalue weighted by Crippen LogP contribution is 2.31. The van der Waals surface area contributed by atoms with E-state index >= 15 is 0 Å². The molecule has 0 saturated carbocycles. The molecule has 1 heterocycles. The van der Waals surface area contributed by atoms with Crippen molar-refractivity contribution in [2.45, 2.75) is 27.2 Å². The van der Waals surface area contributed by atoms with Gasteiger partial charge in [0.25, 0.3) is 0 Å². The lowest BCUT2D eigenvalue weighted by atomic mass is 9.93. The van der Waals surface area contributed by atoms with E-state index in [1.54, 1.807) is 0 Å². The molecule has 0 fully saturated rings. The SMILES string of the molecule is Cc1cc(C)c(-c2ccnc(-c3cccc(Cc4ccccc4)c3)c2)c(C)c1. The largest absolute Gasteiger partial charge is 0.256 e. The molecule has 28 heavy (non-hydrogen) atoms. The molecule has 0 unspecified atom stereocenters. The Balaban J connectivity index is 1.70. The van der Waals surface area contributed by atoms with Crippen molar-refractivity contribution in [3.8, 4) is 22.4 Å². The van der Waals surface area contributed by atoms with Crippen molar-refractivity contribution in [1.29, 1.82) is 0 Å². The van der Waals surface area contributed by atoms with Crippen LogP contribution in [0.3, 0.4) is 0 Å². The summed E-state index contributed by atoms with van der Waals surface area (Å²) in [6, 6.07) is 28.2. The van der Waals surface area contributed by atoms with Gasteiger partial charge in [0, 0.05) is 11.8 Å². The zero-order valence-corrected chi connectivity index (χ0v) is 16.7. The third kappa shape index (κ3) is 3.89. The third-order valence-electron chi connectivity index (χ3n) is 5.20. The van der Waals surface area contributed by atoms with E-state index in [2.05, 4.69) is 105 Å². The summed E-state index contributed by atoms with van der Waals surface area (Å²) in [4.78, 5) is 4.66. The maximum absolute atomic E-state index is 4.66. The molecule has 0 aliphatic rings. The first kappa shape index (κ1) is 18.2. The highest BCUT2D eigenvalue weighted by Gasteiger charge is 2.09. The van der Waals surface area contributed by atoms with Crippen molar-refractivity contribution in [2.24, 2.45) is 0 Å². The van der Waals surface area contributed by atoms with Gasteiger partial charge < -0.3 is 0 Å². The standard InChI is InChI=1S/C27H25N/c1-19-14-20(2)27(21(3)15-19)25-12-13-28-26(18-25)24-11-7-10-23(17-24)16-22-8-5-4-6-9-22/h4-15,17-18H,16H2,1-3H3. The van der Waals surface area contributed by atoms with Crippen LogP contribution in [0, 0.1) is 20.8 Å². The van der Waals surface area contributed by atoms with Crippen LogP contribution in [-0.2, 0) is 6.42 Å². The van der Waals surface area contributed by atoms with Gasteiger partial charge in [-0.15, -0.1) is 0 Å². The summed E-state index contributed by atoms with van der Waals surface area (Å²) in [6.45, 7) is 6.53. The van der Waals surface area contributed by atoms with Gasteiger partial charge in [0.15, 0.2) is 0 Å². The molecule has 1 heteroatoms. The van der Waals surface area contributed by atoms with Crippen LogP contribution in [-0.4, -0.2) is 4.98 Å². The summed E-state index contributed by atoms with van der Waals surface area (Å²) >= 11 is 0. The van der Waals surface area contributed by atoms with Gasteiger partial charge in [-0.3, -0.25) is 4.98 Å². The average Bonchev–Trinajstić information content (AvgIpc) is 2.68. The summed E-state index contributed by atoms with van der Waals surface area (Å²) in [7, 11) is 0. The van der Waals surface area contributed by atoms with E-state index < -0.39 is 0 Å². The van der Waals surface area contributed by atoms with Gasteiger partial charge in [0.2, 0.25) is 0 Å². The van der Waals surface area contributed by atoms with Crippen molar-refractivity contribution in [1.82, 2.24) is 4.98 Å². The molecule has 1 aromatic heterocycles. The number of pyridine rings is 1. The monoisotopic (exact) mass is 363 g/mol. The van der Waals surface area contributed by atoms with Gasteiger partial charge >= 0.3 is 0 Å². The minimum absolute atomic E-state index is 0.935. The Hall–Kier alpha value is -3.19. The molecule has 0 radical (unpaired) electrons. The van der Waals surface area contributed by atoms with Gasteiger partial charge in [-0.05, 0) is 78.8 Å². The van der Waals surface area contributed by atoms with Gasteiger partial charge in [-0.25, -0.2) is 0 Å². The third-order valence-corrected chi connectivity index (χ3v) is 5.20. The molecule has 4 rings (SSSR count). The second-order valence-corrected chi connectivity index (χ2v) is 7.57. The summed E-state index contributed by atoms with van der Waals surface area (Å²) in [5, 5.41) is 0. The van der Waals surface area contributed by atoms with Crippen LogP contribution in [0.1, 0.15) is 27.8 Å². The number of nitrogens with zero attached hydrogens (tertiary/aromatic N) is 1. The molecule has 0 aliphatic heterocycles. The molecule has 0 atom stereocenters. The molecule has 0 bridgehead atoms. The molecule has 0 N–H and O–H groups in total. The maximum Gasteiger partial charge on any atom is 0.0708 e. The van der Waals surface area contributed by atoms with Crippen LogP contribution < -0.4 is 0 Å². The first-order chi connectivity index (χ1) is 13.6. The lowest BCUT2D eigenvalue weighted by Gasteiger charge is -2.13. The lowest BCUT2D eigenvalue weighted by Crippen LogP contribution is -1.93. The van der Waals surface area contributed by atoms with E-state index in [9.17, 15) is 0 Å². The Morgan fingerprint density at radius 3 is 2.11 bits per heavy atom. The van der Waals surface area contributed by atoms with E-state index in [0.717, 1.165) is 17.7 Å². The fourth-order valence-corrected chi connectivity index (χ4v) is 4.05. The van der Waals surface area contributed by atoms with Crippen LogP contribution in [0.25, 0.3) is 22.4 Å². The maximum atomic E-state index is 4.66. The molecular weight excluding hydrogens is 338 g/mol. The van der Waals surface area contributed by atoms with Crippen LogP contribution in [0.15, 0.2) is 85.1 Å². The number of rotatable bonds is 4. The molecule has 3 aromatic carbocycles. The molecule has 0 spiro atoms. The van der Waals surface area contributed by atoms with Crippen LogP contribution in [0.4, 0.5) is 0 Å². The zero-order valence-electron chi connectivity index (χ0n) is 16.7. The molecule has 4 aromatic rings. The van der Waals surface area contributed by atoms with Gasteiger partial charge in [0.1, 0.15) is 0 Å². The molecule has 0 saturated heterocycles.